The highest BCUT2D eigenvalue weighted by Gasteiger charge is 2.38. The molecule has 0 spiro atoms. The predicted octanol–water partition coefficient (Wildman–Crippen LogP) is 0.768. The van der Waals surface area contributed by atoms with Crippen LogP contribution in [-0.4, -0.2) is 39.3 Å². The molecule has 0 aliphatic carbocycles. The van der Waals surface area contributed by atoms with Crippen molar-refractivity contribution in [2.75, 3.05) is 29.5 Å². The number of sulfonamides is 1. The quantitative estimate of drug-likeness (QED) is 0.753. The second-order valence-electron chi connectivity index (χ2n) is 4.98. The van der Waals surface area contributed by atoms with Crippen LogP contribution in [0.15, 0.2) is 18.2 Å². The van der Waals surface area contributed by atoms with Gasteiger partial charge in [0, 0.05) is 12.3 Å². The van der Waals surface area contributed by atoms with E-state index in [-0.39, 0.29) is 23.2 Å². The molecule has 1 aliphatic heterocycles. The summed E-state index contributed by atoms with van der Waals surface area (Å²) in [5.41, 5.74) is 5.57. The molecule has 9 heteroatoms. The van der Waals surface area contributed by atoms with Gasteiger partial charge >= 0.3 is 0 Å². The van der Waals surface area contributed by atoms with Crippen molar-refractivity contribution in [1.82, 2.24) is 0 Å². The molecule has 1 unspecified atom stereocenters. The van der Waals surface area contributed by atoms with Gasteiger partial charge in [-0.3, -0.25) is 9.52 Å². The summed E-state index contributed by atoms with van der Waals surface area (Å²) in [7, 11) is -3.42. The normalized spacial score (nSPS) is 22.0. The maximum absolute atomic E-state index is 12.1. The van der Waals surface area contributed by atoms with Crippen LogP contribution in [0.2, 0.25) is 5.02 Å². The van der Waals surface area contributed by atoms with Crippen LogP contribution in [0.1, 0.15) is 6.42 Å². The predicted molar refractivity (Wildman–Crippen MR) is 80.9 cm³/mol. The molecule has 116 valence electrons. The molecule has 7 nitrogen and oxygen atoms in total. The first-order chi connectivity index (χ1) is 9.70. The van der Waals surface area contributed by atoms with E-state index in [9.17, 15) is 13.2 Å². The van der Waals surface area contributed by atoms with E-state index in [2.05, 4.69) is 10.0 Å². The monoisotopic (exact) mass is 333 g/mol. The second-order valence-corrected chi connectivity index (χ2v) is 7.14. The summed E-state index contributed by atoms with van der Waals surface area (Å²) in [5, 5.41) is 2.82. The fourth-order valence-corrected chi connectivity index (χ4v) is 2.75. The number of halogens is 1. The summed E-state index contributed by atoms with van der Waals surface area (Å²) >= 11 is 5.98. The average molecular weight is 334 g/mol. The van der Waals surface area contributed by atoms with E-state index in [4.69, 9.17) is 22.1 Å². The van der Waals surface area contributed by atoms with E-state index in [1.165, 1.54) is 18.2 Å². The number of hydrogen-bond donors (Lipinski definition) is 3. The van der Waals surface area contributed by atoms with E-state index in [0.29, 0.717) is 18.7 Å². The zero-order valence-electron chi connectivity index (χ0n) is 11.3. The fraction of sp³-hybridized carbons (Fsp3) is 0.417. The van der Waals surface area contributed by atoms with Gasteiger partial charge in [-0.05, 0) is 24.6 Å². The van der Waals surface area contributed by atoms with Gasteiger partial charge in [-0.2, -0.15) is 0 Å². The minimum absolute atomic E-state index is 0.167. The number of carbonyl (C=O) groups is 1. The van der Waals surface area contributed by atoms with Gasteiger partial charge in [-0.25, -0.2) is 8.42 Å². The van der Waals surface area contributed by atoms with Crippen LogP contribution in [0.4, 0.5) is 11.4 Å². The molecule has 0 bridgehead atoms. The summed E-state index contributed by atoms with van der Waals surface area (Å²) in [5.74, 6) is -0.361. The lowest BCUT2D eigenvalue weighted by Crippen LogP contribution is -2.51. The maximum atomic E-state index is 12.1. The largest absolute Gasteiger partial charge is 0.379 e. The lowest BCUT2D eigenvalue weighted by atomic mass is 9.99. The Morgan fingerprint density at radius 2 is 2.19 bits per heavy atom. The molecular weight excluding hydrogens is 318 g/mol. The smallest absolute Gasteiger partial charge is 0.246 e. The molecule has 1 aliphatic rings. The molecular formula is C12H16ClN3O4S. The van der Waals surface area contributed by atoms with Crippen LogP contribution in [0.5, 0.6) is 0 Å². The first kappa shape index (κ1) is 16.0. The third-order valence-electron chi connectivity index (χ3n) is 3.03. The highest BCUT2D eigenvalue weighted by atomic mass is 35.5. The maximum Gasteiger partial charge on any atom is 0.246 e. The van der Waals surface area contributed by atoms with Crippen molar-refractivity contribution in [3.63, 3.8) is 0 Å². The Balaban J connectivity index is 2.12. The SMILES string of the molecule is CS(=O)(=O)Nc1ccc(NC(=O)C2(N)CCOC2)cc1Cl. The van der Waals surface area contributed by atoms with Gasteiger partial charge in [0.05, 0.1) is 23.6 Å². The summed E-state index contributed by atoms with van der Waals surface area (Å²) in [6.45, 7) is 0.613. The number of benzene rings is 1. The molecule has 1 saturated heterocycles. The average Bonchev–Trinajstić information content (AvgIpc) is 2.80. The van der Waals surface area contributed by atoms with Crippen molar-refractivity contribution < 1.29 is 17.9 Å². The van der Waals surface area contributed by atoms with Gasteiger partial charge in [0.2, 0.25) is 15.9 Å². The Morgan fingerprint density at radius 3 is 2.71 bits per heavy atom. The number of rotatable bonds is 4. The van der Waals surface area contributed by atoms with Gasteiger partial charge in [-0.15, -0.1) is 0 Å². The molecule has 1 fully saturated rings. The van der Waals surface area contributed by atoms with Crippen molar-refractivity contribution in [2.24, 2.45) is 5.73 Å². The highest BCUT2D eigenvalue weighted by Crippen LogP contribution is 2.27. The highest BCUT2D eigenvalue weighted by molar-refractivity contribution is 7.92. The van der Waals surface area contributed by atoms with Gasteiger partial charge in [0.25, 0.3) is 0 Å². The van der Waals surface area contributed by atoms with Crippen molar-refractivity contribution in [1.29, 1.82) is 0 Å². The van der Waals surface area contributed by atoms with Crippen molar-refractivity contribution >= 4 is 38.9 Å². The topological polar surface area (TPSA) is 111 Å². The Labute approximate surface area is 127 Å². The van der Waals surface area contributed by atoms with Gasteiger partial charge in [0.15, 0.2) is 0 Å². The molecule has 1 amide bonds. The Bertz CT molecular complexity index is 656. The third kappa shape index (κ3) is 4.07. The lowest BCUT2D eigenvalue weighted by molar-refractivity contribution is -0.121. The van der Waals surface area contributed by atoms with Gasteiger partial charge in [0.1, 0.15) is 5.54 Å². The molecule has 21 heavy (non-hydrogen) atoms. The number of anilines is 2. The van der Waals surface area contributed by atoms with Crippen LogP contribution in [0.25, 0.3) is 0 Å². The summed E-state index contributed by atoms with van der Waals surface area (Å²) < 4.78 is 29.7. The first-order valence-electron chi connectivity index (χ1n) is 6.15. The Hall–Kier alpha value is -1.35. The van der Waals surface area contributed by atoms with Crippen LogP contribution >= 0.6 is 11.6 Å². The number of hydrogen-bond acceptors (Lipinski definition) is 5. The molecule has 0 aromatic heterocycles. The zero-order valence-corrected chi connectivity index (χ0v) is 12.9. The van der Waals surface area contributed by atoms with Crippen LogP contribution in [-0.2, 0) is 19.6 Å². The zero-order chi connectivity index (χ0) is 15.7. The minimum Gasteiger partial charge on any atom is -0.379 e. The van der Waals surface area contributed by atoms with Gasteiger partial charge < -0.3 is 15.8 Å². The van der Waals surface area contributed by atoms with E-state index in [1.54, 1.807) is 0 Å². The molecule has 1 atom stereocenters. The lowest BCUT2D eigenvalue weighted by Gasteiger charge is -2.20. The number of amides is 1. The van der Waals surface area contributed by atoms with E-state index in [1.807, 2.05) is 0 Å². The van der Waals surface area contributed by atoms with Crippen LogP contribution in [0, 0.1) is 0 Å². The fourth-order valence-electron chi connectivity index (χ4n) is 1.89. The standard InChI is InChI=1S/C12H16ClN3O4S/c1-21(18,19)16-10-3-2-8(6-9(10)13)15-11(17)12(14)4-5-20-7-12/h2-3,6,16H,4-5,7,14H2,1H3,(H,15,17). The van der Waals surface area contributed by atoms with Crippen molar-refractivity contribution in [2.45, 2.75) is 12.0 Å². The number of ether oxygens (including phenoxy) is 1. The number of nitrogens with one attached hydrogen (secondary N) is 2. The van der Waals surface area contributed by atoms with Crippen molar-refractivity contribution in [3.05, 3.63) is 23.2 Å². The Kier molecular flexibility index (Phi) is 4.43. The molecule has 1 aromatic carbocycles. The van der Waals surface area contributed by atoms with Crippen LogP contribution in [0.3, 0.4) is 0 Å². The first-order valence-corrected chi connectivity index (χ1v) is 8.42. The summed E-state index contributed by atoms with van der Waals surface area (Å²) in [6.07, 6.45) is 1.47. The molecule has 0 saturated carbocycles. The van der Waals surface area contributed by atoms with E-state index >= 15 is 0 Å². The molecule has 2 rings (SSSR count). The summed E-state index contributed by atoms with van der Waals surface area (Å²) in [4.78, 5) is 12.1. The molecule has 1 heterocycles. The van der Waals surface area contributed by atoms with E-state index in [0.717, 1.165) is 6.26 Å². The second kappa shape index (κ2) is 5.80. The number of carbonyl (C=O) groups excluding carboxylic acids is 1. The number of nitrogens with two attached hydrogens (primary N) is 1. The minimum atomic E-state index is -3.42. The molecule has 1 aromatic rings. The summed E-state index contributed by atoms with van der Waals surface area (Å²) in [6, 6.07) is 4.45. The Morgan fingerprint density at radius 1 is 1.48 bits per heavy atom. The molecule has 4 N–H and O–H groups in total. The van der Waals surface area contributed by atoms with Crippen LogP contribution < -0.4 is 15.8 Å². The third-order valence-corrected chi connectivity index (χ3v) is 3.93. The van der Waals surface area contributed by atoms with E-state index < -0.39 is 15.6 Å². The van der Waals surface area contributed by atoms with Gasteiger partial charge in [-0.1, -0.05) is 11.6 Å². The molecule has 0 radical (unpaired) electrons. The van der Waals surface area contributed by atoms with Crippen molar-refractivity contribution in [3.8, 4) is 0 Å².